The monoisotopic (exact) mass is 366 g/mol. The molecule has 2 aromatic carbocycles. The number of para-hydroxylation sites is 1. The Morgan fingerprint density at radius 1 is 1.15 bits per heavy atom. The summed E-state index contributed by atoms with van der Waals surface area (Å²) in [5.41, 5.74) is 2.74. The molecular weight excluding hydrogens is 344 g/mol. The molecule has 0 amide bonds. The highest BCUT2D eigenvalue weighted by Crippen LogP contribution is 2.25. The molecule has 26 heavy (non-hydrogen) atoms. The molecule has 134 valence electrons. The van der Waals surface area contributed by atoms with Crippen molar-refractivity contribution in [1.29, 1.82) is 0 Å². The van der Waals surface area contributed by atoms with E-state index >= 15 is 0 Å². The van der Waals surface area contributed by atoms with Crippen molar-refractivity contribution in [3.8, 4) is 5.69 Å². The lowest BCUT2D eigenvalue weighted by atomic mass is 10.1. The number of benzene rings is 2. The highest BCUT2D eigenvalue weighted by molar-refractivity contribution is 7.99. The van der Waals surface area contributed by atoms with Crippen molar-refractivity contribution in [3.05, 3.63) is 64.4 Å². The van der Waals surface area contributed by atoms with Crippen molar-refractivity contribution >= 4 is 22.7 Å². The topological polar surface area (TPSA) is 44.1 Å². The molecule has 1 atom stereocenters. The molecule has 1 fully saturated rings. The lowest BCUT2D eigenvalue weighted by Gasteiger charge is -2.22. The van der Waals surface area contributed by atoms with Gasteiger partial charge in [0.15, 0.2) is 5.16 Å². The molecule has 4 nitrogen and oxygen atoms in total. The Balaban J connectivity index is 1.77. The van der Waals surface area contributed by atoms with Gasteiger partial charge in [0.2, 0.25) is 0 Å². The summed E-state index contributed by atoms with van der Waals surface area (Å²) in [6.45, 7) is 2.88. The molecule has 0 aliphatic carbocycles. The van der Waals surface area contributed by atoms with E-state index in [1.807, 2.05) is 55.5 Å². The van der Waals surface area contributed by atoms with Gasteiger partial charge in [0.05, 0.1) is 22.7 Å². The van der Waals surface area contributed by atoms with Gasteiger partial charge in [-0.3, -0.25) is 9.36 Å². The summed E-state index contributed by atoms with van der Waals surface area (Å²) in [5.74, 6) is 0.816. The Morgan fingerprint density at radius 3 is 2.73 bits per heavy atom. The highest BCUT2D eigenvalue weighted by atomic mass is 32.2. The predicted molar refractivity (Wildman–Crippen MR) is 106 cm³/mol. The van der Waals surface area contributed by atoms with E-state index < -0.39 is 0 Å². The number of hydrogen-bond acceptors (Lipinski definition) is 4. The van der Waals surface area contributed by atoms with Gasteiger partial charge in [-0.2, -0.15) is 0 Å². The average molecular weight is 366 g/mol. The molecule has 1 saturated heterocycles. The van der Waals surface area contributed by atoms with Gasteiger partial charge in [-0.15, -0.1) is 0 Å². The van der Waals surface area contributed by atoms with Crippen LogP contribution in [0.25, 0.3) is 16.6 Å². The summed E-state index contributed by atoms with van der Waals surface area (Å²) in [6, 6.07) is 15.6. The van der Waals surface area contributed by atoms with Crippen molar-refractivity contribution in [2.24, 2.45) is 0 Å². The van der Waals surface area contributed by atoms with Gasteiger partial charge in [0, 0.05) is 12.4 Å². The minimum Gasteiger partial charge on any atom is -0.377 e. The van der Waals surface area contributed by atoms with E-state index in [0.29, 0.717) is 5.39 Å². The van der Waals surface area contributed by atoms with Gasteiger partial charge >= 0.3 is 0 Å². The molecule has 0 N–H and O–H groups in total. The first-order valence-electron chi connectivity index (χ1n) is 9.05. The van der Waals surface area contributed by atoms with Gasteiger partial charge in [-0.05, 0) is 50.5 Å². The third kappa shape index (κ3) is 3.55. The van der Waals surface area contributed by atoms with Crippen LogP contribution in [0.1, 0.15) is 24.8 Å². The summed E-state index contributed by atoms with van der Waals surface area (Å²) in [6.07, 6.45) is 3.67. The summed E-state index contributed by atoms with van der Waals surface area (Å²) in [7, 11) is 0. The van der Waals surface area contributed by atoms with Gasteiger partial charge in [0.25, 0.3) is 5.56 Å². The zero-order chi connectivity index (χ0) is 17.9. The molecule has 1 aliphatic rings. The van der Waals surface area contributed by atoms with E-state index in [-0.39, 0.29) is 11.7 Å². The van der Waals surface area contributed by atoms with Gasteiger partial charge in [-0.1, -0.05) is 41.6 Å². The van der Waals surface area contributed by atoms with Crippen LogP contribution >= 0.6 is 11.8 Å². The first-order valence-corrected chi connectivity index (χ1v) is 10.0. The zero-order valence-electron chi connectivity index (χ0n) is 14.9. The lowest BCUT2D eigenvalue weighted by molar-refractivity contribution is 0.0315. The highest BCUT2D eigenvalue weighted by Gasteiger charge is 2.18. The van der Waals surface area contributed by atoms with Crippen LogP contribution in [0.2, 0.25) is 0 Å². The third-order valence-corrected chi connectivity index (χ3v) is 5.78. The Hall–Kier alpha value is -2.11. The Bertz CT molecular complexity index is 960. The van der Waals surface area contributed by atoms with Gasteiger partial charge in [0.1, 0.15) is 0 Å². The van der Waals surface area contributed by atoms with Crippen LogP contribution < -0.4 is 5.56 Å². The molecule has 4 rings (SSSR count). The van der Waals surface area contributed by atoms with Gasteiger partial charge < -0.3 is 4.74 Å². The number of hydrogen-bond donors (Lipinski definition) is 0. The number of rotatable bonds is 4. The minimum absolute atomic E-state index is 0.0217. The Morgan fingerprint density at radius 2 is 1.96 bits per heavy atom. The molecule has 5 heteroatoms. The minimum atomic E-state index is -0.0217. The fourth-order valence-corrected chi connectivity index (χ4v) is 4.32. The molecule has 2 heterocycles. The van der Waals surface area contributed by atoms with Crippen LogP contribution in [0, 0.1) is 6.92 Å². The summed E-state index contributed by atoms with van der Waals surface area (Å²) in [4.78, 5) is 18.0. The van der Waals surface area contributed by atoms with E-state index in [9.17, 15) is 4.79 Å². The van der Waals surface area contributed by atoms with E-state index in [4.69, 9.17) is 9.72 Å². The number of aromatic nitrogens is 2. The van der Waals surface area contributed by atoms with Crippen molar-refractivity contribution in [3.63, 3.8) is 0 Å². The van der Waals surface area contributed by atoms with Crippen molar-refractivity contribution in [2.75, 3.05) is 12.4 Å². The van der Waals surface area contributed by atoms with Crippen LogP contribution in [0.15, 0.2) is 58.5 Å². The zero-order valence-corrected chi connectivity index (χ0v) is 15.7. The molecule has 0 radical (unpaired) electrons. The third-order valence-electron chi connectivity index (χ3n) is 4.71. The number of aryl methyl sites for hydroxylation is 1. The van der Waals surface area contributed by atoms with Crippen molar-refractivity contribution < 1.29 is 4.74 Å². The first kappa shape index (κ1) is 17.3. The Labute approximate surface area is 157 Å². The first-order chi connectivity index (χ1) is 12.7. The smallest absolute Gasteiger partial charge is 0.266 e. The molecule has 0 spiro atoms. The molecule has 0 unspecified atom stereocenters. The molecular formula is C21H22N2O2S. The maximum Gasteiger partial charge on any atom is 0.266 e. The fraction of sp³-hybridized carbons (Fsp3) is 0.333. The van der Waals surface area contributed by atoms with Crippen LogP contribution in [-0.2, 0) is 4.74 Å². The van der Waals surface area contributed by atoms with E-state index in [0.717, 1.165) is 41.6 Å². The maximum absolute atomic E-state index is 13.2. The predicted octanol–water partition coefficient (Wildman–Crippen LogP) is 4.36. The fourth-order valence-electron chi connectivity index (χ4n) is 3.24. The van der Waals surface area contributed by atoms with Crippen molar-refractivity contribution in [2.45, 2.75) is 37.4 Å². The standard InChI is InChI=1S/C21H22N2O2S/c1-15-9-11-16(12-10-15)23-20(24)18-7-2-3-8-19(18)22-21(23)26-14-17-6-4-5-13-25-17/h2-3,7-12,17H,4-6,13-14H2,1H3/t17-/m0/s1. The van der Waals surface area contributed by atoms with Gasteiger partial charge in [-0.25, -0.2) is 4.98 Å². The SMILES string of the molecule is Cc1ccc(-n2c(SC[C@@H]3CCCCO3)nc3ccccc3c2=O)cc1. The summed E-state index contributed by atoms with van der Waals surface area (Å²) in [5, 5.41) is 1.37. The second-order valence-electron chi connectivity index (χ2n) is 6.69. The van der Waals surface area contributed by atoms with Crippen LogP contribution in [0.4, 0.5) is 0 Å². The second-order valence-corrected chi connectivity index (χ2v) is 7.67. The molecule has 1 aliphatic heterocycles. The number of thioether (sulfide) groups is 1. The maximum atomic E-state index is 13.2. The largest absolute Gasteiger partial charge is 0.377 e. The quantitative estimate of drug-likeness (QED) is 0.508. The average Bonchev–Trinajstić information content (AvgIpc) is 2.68. The lowest BCUT2D eigenvalue weighted by Crippen LogP contribution is -2.24. The molecule has 0 bridgehead atoms. The molecule has 0 saturated carbocycles. The van der Waals surface area contributed by atoms with Crippen molar-refractivity contribution in [1.82, 2.24) is 9.55 Å². The molecule has 1 aromatic heterocycles. The van der Waals surface area contributed by atoms with Crippen LogP contribution in [-0.4, -0.2) is 28.0 Å². The normalized spacial score (nSPS) is 17.5. The summed E-state index contributed by atoms with van der Waals surface area (Å²) >= 11 is 1.61. The number of fused-ring (bicyclic) bond motifs is 1. The van der Waals surface area contributed by atoms with Crippen LogP contribution in [0.3, 0.4) is 0 Å². The number of nitrogens with zero attached hydrogens (tertiary/aromatic N) is 2. The van der Waals surface area contributed by atoms with E-state index in [1.54, 1.807) is 16.3 Å². The number of ether oxygens (including phenoxy) is 1. The summed E-state index contributed by atoms with van der Waals surface area (Å²) < 4.78 is 7.57. The molecule has 3 aromatic rings. The van der Waals surface area contributed by atoms with E-state index in [2.05, 4.69) is 0 Å². The second kappa shape index (κ2) is 7.64. The van der Waals surface area contributed by atoms with E-state index in [1.165, 1.54) is 12.0 Å². The van der Waals surface area contributed by atoms with Crippen LogP contribution in [0.5, 0.6) is 0 Å². The Kier molecular flexibility index (Phi) is 5.09.